The van der Waals surface area contributed by atoms with Gasteiger partial charge in [-0.1, -0.05) is 35.4 Å². The molecule has 0 unspecified atom stereocenters. The van der Waals surface area contributed by atoms with E-state index in [2.05, 4.69) is 0 Å². The van der Waals surface area contributed by atoms with Gasteiger partial charge in [-0.3, -0.25) is 4.79 Å². The molecule has 0 saturated heterocycles. The zero-order chi connectivity index (χ0) is 14.7. The molecule has 4 heteroatoms. The van der Waals surface area contributed by atoms with Crippen molar-refractivity contribution in [2.45, 2.75) is 13.8 Å². The maximum atomic E-state index is 13.2. The molecule has 0 bridgehead atoms. The molecule has 0 atom stereocenters. The molecule has 0 amide bonds. The average molecular weight is 293 g/mol. The highest BCUT2D eigenvalue weighted by molar-refractivity contribution is 6.30. The number of carbonyl (C=O) groups is 1. The van der Waals surface area contributed by atoms with Gasteiger partial charge in [0.15, 0.2) is 12.4 Å². The number of carbonyl (C=O) groups excluding carboxylic acids is 1. The molecule has 2 aromatic carbocycles. The Labute approximate surface area is 122 Å². The number of hydrogen-bond donors (Lipinski definition) is 0. The number of ether oxygens (including phenoxy) is 1. The van der Waals surface area contributed by atoms with Gasteiger partial charge in [0, 0.05) is 11.6 Å². The Bertz CT molecular complexity index is 653. The van der Waals surface area contributed by atoms with Crippen molar-refractivity contribution in [3.63, 3.8) is 0 Å². The third-order valence-corrected chi connectivity index (χ3v) is 3.25. The summed E-state index contributed by atoms with van der Waals surface area (Å²) in [7, 11) is 0. The Morgan fingerprint density at radius 3 is 2.60 bits per heavy atom. The highest BCUT2D eigenvalue weighted by Gasteiger charge is 2.10. The molecule has 0 aromatic heterocycles. The van der Waals surface area contributed by atoms with Gasteiger partial charge in [0.25, 0.3) is 0 Å². The topological polar surface area (TPSA) is 26.3 Å². The van der Waals surface area contributed by atoms with Crippen molar-refractivity contribution >= 4 is 17.4 Å². The van der Waals surface area contributed by atoms with Gasteiger partial charge in [-0.2, -0.15) is 0 Å². The van der Waals surface area contributed by atoms with Crippen molar-refractivity contribution in [1.82, 2.24) is 0 Å². The van der Waals surface area contributed by atoms with Gasteiger partial charge in [-0.05, 0) is 31.5 Å². The molecule has 2 nitrogen and oxygen atoms in total. The molecule has 0 fully saturated rings. The number of Topliss-reactive ketones (excluding diaryl/α,β-unsaturated/α-hetero) is 1. The molecule has 0 heterocycles. The Morgan fingerprint density at radius 1 is 1.20 bits per heavy atom. The van der Waals surface area contributed by atoms with Gasteiger partial charge in [-0.25, -0.2) is 4.39 Å². The van der Waals surface area contributed by atoms with Crippen molar-refractivity contribution in [3.05, 3.63) is 63.9 Å². The molecule has 0 aliphatic carbocycles. The zero-order valence-electron chi connectivity index (χ0n) is 11.2. The summed E-state index contributed by atoms with van der Waals surface area (Å²) in [4.78, 5) is 12.1. The molecule has 20 heavy (non-hydrogen) atoms. The molecule has 0 aliphatic rings. The van der Waals surface area contributed by atoms with Crippen molar-refractivity contribution in [2.75, 3.05) is 6.61 Å². The van der Waals surface area contributed by atoms with E-state index in [-0.39, 0.29) is 23.2 Å². The quantitative estimate of drug-likeness (QED) is 0.783. The number of aryl methyl sites for hydroxylation is 2. The fraction of sp³-hybridized carbons (Fsp3) is 0.188. The molecule has 0 N–H and O–H groups in total. The lowest BCUT2D eigenvalue weighted by Crippen LogP contribution is -2.13. The summed E-state index contributed by atoms with van der Waals surface area (Å²) < 4.78 is 18.5. The first-order valence-electron chi connectivity index (χ1n) is 6.15. The molecular formula is C16H14ClFO2. The second-order valence-corrected chi connectivity index (χ2v) is 5.01. The fourth-order valence-corrected chi connectivity index (χ4v) is 2.04. The van der Waals surface area contributed by atoms with Crippen LogP contribution in [-0.4, -0.2) is 12.4 Å². The van der Waals surface area contributed by atoms with E-state index >= 15 is 0 Å². The number of rotatable bonds is 4. The third-order valence-electron chi connectivity index (χ3n) is 2.94. The molecule has 0 saturated carbocycles. The van der Waals surface area contributed by atoms with Crippen LogP contribution in [0.25, 0.3) is 0 Å². The first kappa shape index (κ1) is 14.5. The second kappa shape index (κ2) is 6.06. The van der Waals surface area contributed by atoms with Crippen molar-refractivity contribution in [3.8, 4) is 5.75 Å². The predicted molar refractivity (Wildman–Crippen MR) is 77.2 cm³/mol. The molecule has 0 spiro atoms. The van der Waals surface area contributed by atoms with Crippen LogP contribution >= 0.6 is 11.6 Å². The minimum Gasteiger partial charge on any atom is -0.485 e. The van der Waals surface area contributed by atoms with Gasteiger partial charge in [0.05, 0.1) is 5.02 Å². The van der Waals surface area contributed by atoms with Crippen LogP contribution in [0.2, 0.25) is 5.02 Å². The zero-order valence-corrected chi connectivity index (χ0v) is 12.0. The van der Waals surface area contributed by atoms with E-state index in [1.165, 1.54) is 12.1 Å². The molecule has 2 rings (SSSR count). The van der Waals surface area contributed by atoms with Crippen LogP contribution in [0.1, 0.15) is 21.5 Å². The summed E-state index contributed by atoms with van der Waals surface area (Å²) in [5.41, 5.74) is 2.62. The monoisotopic (exact) mass is 292 g/mol. The van der Waals surface area contributed by atoms with Crippen LogP contribution in [0.3, 0.4) is 0 Å². The fourth-order valence-electron chi connectivity index (χ4n) is 1.92. The van der Waals surface area contributed by atoms with Gasteiger partial charge < -0.3 is 4.74 Å². The average Bonchev–Trinajstić information content (AvgIpc) is 2.40. The number of halogens is 2. The first-order chi connectivity index (χ1) is 9.47. The van der Waals surface area contributed by atoms with Gasteiger partial charge >= 0.3 is 0 Å². The van der Waals surface area contributed by atoms with E-state index in [1.54, 1.807) is 6.07 Å². The molecule has 2 aromatic rings. The number of hydrogen-bond acceptors (Lipinski definition) is 2. The van der Waals surface area contributed by atoms with E-state index in [0.717, 1.165) is 17.2 Å². The first-order valence-corrected chi connectivity index (χ1v) is 6.53. The molecule has 104 valence electrons. The largest absolute Gasteiger partial charge is 0.485 e. The van der Waals surface area contributed by atoms with Crippen LogP contribution in [0.5, 0.6) is 5.75 Å². The maximum Gasteiger partial charge on any atom is 0.200 e. The van der Waals surface area contributed by atoms with Crippen LogP contribution in [0.4, 0.5) is 4.39 Å². The van der Waals surface area contributed by atoms with Crippen molar-refractivity contribution < 1.29 is 13.9 Å². The summed E-state index contributed by atoms with van der Waals surface area (Å²) in [5.74, 6) is -0.425. The lowest BCUT2D eigenvalue weighted by molar-refractivity contribution is 0.0920. The lowest BCUT2D eigenvalue weighted by atomic mass is 10.0. The summed E-state index contributed by atoms with van der Waals surface area (Å²) in [6, 6.07) is 9.68. The molecular weight excluding hydrogens is 279 g/mol. The van der Waals surface area contributed by atoms with Crippen LogP contribution < -0.4 is 4.74 Å². The Balaban J connectivity index is 2.06. The van der Waals surface area contributed by atoms with E-state index < -0.39 is 5.82 Å². The minimum atomic E-state index is -0.567. The maximum absolute atomic E-state index is 13.2. The molecule has 0 radical (unpaired) electrons. The van der Waals surface area contributed by atoms with Gasteiger partial charge in [-0.15, -0.1) is 0 Å². The SMILES string of the molecule is Cc1ccc(C(=O)COc2ccc(Cl)c(F)c2)c(C)c1. The molecule has 0 aliphatic heterocycles. The van der Waals surface area contributed by atoms with E-state index in [0.29, 0.717) is 5.56 Å². The number of ketones is 1. The smallest absolute Gasteiger partial charge is 0.200 e. The van der Waals surface area contributed by atoms with Crippen molar-refractivity contribution in [1.29, 1.82) is 0 Å². The van der Waals surface area contributed by atoms with E-state index in [9.17, 15) is 9.18 Å². The summed E-state index contributed by atoms with van der Waals surface area (Å²) in [6.07, 6.45) is 0. The highest BCUT2D eigenvalue weighted by atomic mass is 35.5. The highest BCUT2D eigenvalue weighted by Crippen LogP contribution is 2.20. The predicted octanol–water partition coefficient (Wildman–Crippen LogP) is 4.36. The van der Waals surface area contributed by atoms with Gasteiger partial charge in [0.2, 0.25) is 0 Å². The van der Waals surface area contributed by atoms with Crippen molar-refractivity contribution in [2.24, 2.45) is 0 Å². The summed E-state index contributed by atoms with van der Waals surface area (Å²) in [6.45, 7) is 3.71. The lowest BCUT2D eigenvalue weighted by Gasteiger charge is -2.08. The van der Waals surface area contributed by atoms with Gasteiger partial charge in [0.1, 0.15) is 11.6 Å². The normalized spacial score (nSPS) is 10.4. The Kier molecular flexibility index (Phi) is 4.40. The van der Waals surface area contributed by atoms with Crippen LogP contribution in [0, 0.1) is 19.7 Å². The van der Waals surface area contributed by atoms with Crippen LogP contribution in [-0.2, 0) is 0 Å². The van der Waals surface area contributed by atoms with E-state index in [1.807, 2.05) is 26.0 Å². The van der Waals surface area contributed by atoms with Crippen LogP contribution in [0.15, 0.2) is 36.4 Å². The Morgan fingerprint density at radius 2 is 1.95 bits per heavy atom. The minimum absolute atomic E-state index is 0.0260. The Hall–Kier alpha value is -1.87. The summed E-state index contributed by atoms with van der Waals surface area (Å²) in [5, 5.41) is 0.0260. The van der Waals surface area contributed by atoms with E-state index in [4.69, 9.17) is 16.3 Å². The standard InChI is InChI=1S/C16H14ClFO2/c1-10-3-5-13(11(2)7-10)16(19)9-20-12-4-6-14(17)15(18)8-12/h3-8H,9H2,1-2H3. The second-order valence-electron chi connectivity index (χ2n) is 4.61. The number of benzene rings is 2. The summed E-state index contributed by atoms with van der Waals surface area (Å²) >= 11 is 5.58. The third kappa shape index (κ3) is 3.36.